The van der Waals surface area contributed by atoms with E-state index in [4.69, 9.17) is 4.52 Å². The second-order valence-corrected chi connectivity index (χ2v) is 10.3. The molecule has 3 aromatic rings. The largest absolute Gasteiger partial charge is 0.371 e. The maximum atomic E-state index is 14.0. The van der Waals surface area contributed by atoms with Gasteiger partial charge in [0.15, 0.2) is 0 Å². The number of rotatable bonds is 6. The second kappa shape index (κ2) is 10.6. The normalized spacial score (nSPS) is 19.0. The van der Waals surface area contributed by atoms with E-state index in [0.29, 0.717) is 18.3 Å². The van der Waals surface area contributed by atoms with E-state index in [1.807, 2.05) is 12.1 Å². The Balaban J connectivity index is 1.34. The number of aromatic nitrogens is 2. The van der Waals surface area contributed by atoms with Crippen molar-refractivity contribution in [3.8, 4) is 11.4 Å². The molecular weight excluding hydrogens is 436 g/mol. The molecule has 1 aromatic heterocycles. The molecular formula is C29H36N4O2. The molecule has 35 heavy (non-hydrogen) atoms. The zero-order valence-corrected chi connectivity index (χ0v) is 20.9. The summed E-state index contributed by atoms with van der Waals surface area (Å²) in [7, 11) is 0. The summed E-state index contributed by atoms with van der Waals surface area (Å²) < 4.78 is 5.65. The van der Waals surface area contributed by atoms with Crippen LogP contribution in [0.5, 0.6) is 0 Å². The summed E-state index contributed by atoms with van der Waals surface area (Å²) in [6, 6.07) is 17.0. The van der Waals surface area contributed by atoms with Crippen molar-refractivity contribution in [2.45, 2.75) is 71.4 Å². The first-order chi connectivity index (χ1) is 17.1. The molecule has 0 radical (unpaired) electrons. The zero-order chi connectivity index (χ0) is 24.2. The molecule has 1 saturated carbocycles. The van der Waals surface area contributed by atoms with Crippen LogP contribution in [0.25, 0.3) is 11.4 Å². The first kappa shape index (κ1) is 23.6. The Morgan fingerprint density at radius 2 is 1.80 bits per heavy atom. The van der Waals surface area contributed by atoms with Gasteiger partial charge in [0.05, 0.1) is 5.92 Å². The van der Waals surface area contributed by atoms with E-state index in [9.17, 15) is 4.79 Å². The monoisotopic (exact) mass is 472 g/mol. The van der Waals surface area contributed by atoms with Gasteiger partial charge in [0.1, 0.15) is 6.54 Å². The van der Waals surface area contributed by atoms with Gasteiger partial charge in [-0.1, -0.05) is 65.9 Å². The highest BCUT2D eigenvalue weighted by Crippen LogP contribution is 2.30. The van der Waals surface area contributed by atoms with Gasteiger partial charge in [0.25, 0.3) is 0 Å². The summed E-state index contributed by atoms with van der Waals surface area (Å²) in [4.78, 5) is 23.1. The second-order valence-electron chi connectivity index (χ2n) is 10.3. The molecule has 0 bridgehead atoms. The molecule has 1 unspecified atom stereocenters. The van der Waals surface area contributed by atoms with E-state index in [-0.39, 0.29) is 17.9 Å². The number of piperidine rings is 1. The van der Waals surface area contributed by atoms with Crippen LogP contribution in [0.2, 0.25) is 0 Å². The lowest BCUT2D eigenvalue weighted by Gasteiger charge is -2.39. The van der Waals surface area contributed by atoms with Crippen molar-refractivity contribution in [2.75, 3.05) is 18.0 Å². The predicted molar refractivity (Wildman–Crippen MR) is 138 cm³/mol. The fourth-order valence-electron chi connectivity index (χ4n) is 5.55. The van der Waals surface area contributed by atoms with E-state index in [1.165, 1.54) is 30.5 Å². The van der Waals surface area contributed by atoms with E-state index in [1.54, 1.807) is 0 Å². The highest BCUT2D eigenvalue weighted by molar-refractivity contribution is 5.80. The molecule has 6 nitrogen and oxygen atoms in total. The van der Waals surface area contributed by atoms with Crippen LogP contribution in [0.3, 0.4) is 0 Å². The Labute approximate surface area is 208 Å². The molecule has 2 fully saturated rings. The van der Waals surface area contributed by atoms with Crippen molar-refractivity contribution < 1.29 is 9.32 Å². The number of benzene rings is 2. The number of aryl methyl sites for hydroxylation is 2. The van der Waals surface area contributed by atoms with E-state index in [0.717, 1.165) is 49.9 Å². The van der Waals surface area contributed by atoms with Crippen LogP contribution in [-0.4, -0.2) is 40.1 Å². The SMILES string of the molecule is Cc1ccc(N2CCCC(C(=O)N(Cc3nc(-c4cccc(C)c4)no3)C3CCCCC3)C2)cc1. The third-order valence-electron chi connectivity index (χ3n) is 7.52. The lowest BCUT2D eigenvalue weighted by atomic mass is 9.91. The Morgan fingerprint density at radius 3 is 2.57 bits per heavy atom. The number of anilines is 1. The maximum absolute atomic E-state index is 14.0. The van der Waals surface area contributed by atoms with E-state index in [2.05, 4.69) is 70.2 Å². The van der Waals surface area contributed by atoms with Gasteiger partial charge in [-0.2, -0.15) is 4.98 Å². The van der Waals surface area contributed by atoms with Crippen LogP contribution in [0, 0.1) is 19.8 Å². The minimum absolute atomic E-state index is 0.00820. The predicted octanol–water partition coefficient (Wildman–Crippen LogP) is 5.93. The summed E-state index contributed by atoms with van der Waals surface area (Å²) >= 11 is 0. The standard InChI is InChI=1S/C29H36N4O2/c1-21-13-15-25(16-14-21)32-17-7-10-24(19-32)29(34)33(26-11-4-3-5-12-26)20-27-30-28(31-35-27)23-9-6-8-22(2)18-23/h6,8-9,13-16,18,24,26H,3-5,7,10-12,17,19-20H2,1-2H3. The Bertz CT molecular complexity index is 1130. The highest BCUT2D eigenvalue weighted by Gasteiger charge is 2.34. The summed E-state index contributed by atoms with van der Waals surface area (Å²) in [6.07, 6.45) is 7.67. The fraction of sp³-hybridized carbons (Fsp3) is 0.483. The lowest BCUT2D eigenvalue weighted by Crippen LogP contribution is -2.48. The maximum Gasteiger partial charge on any atom is 0.246 e. The molecule has 6 heteroatoms. The number of amides is 1. The average Bonchev–Trinajstić information content (AvgIpc) is 3.37. The molecule has 0 spiro atoms. The smallest absolute Gasteiger partial charge is 0.246 e. The van der Waals surface area contributed by atoms with Crippen LogP contribution in [-0.2, 0) is 11.3 Å². The van der Waals surface area contributed by atoms with Crippen molar-refractivity contribution in [2.24, 2.45) is 5.92 Å². The molecule has 1 saturated heterocycles. The first-order valence-corrected chi connectivity index (χ1v) is 13.1. The molecule has 1 aliphatic carbocycles. The number of carbonyl (C=O) groups excluding carboxylic acids is 1. The van der Waals surface area contributed by atoms with E-state index < -0.39 is 0 Å². The first-order valence-electron chi connectivity index (χ1n) is 13.1. The molecule has 0 N–H and O–H groups in total. The third kappa shape index (κ3) is 5.58. The molecule has 184 valence electrons. The Hall–Kier alpha value is -3.15. The number of carbonyl (C=O) groups is 1. The summed E-state index contributed by atoms with van der Waals surface area (Å²) in [5.41, 5.74) is 4.56. The average molecular weight is 473 g/mol. The van der Waals surface area contributed by atoms with Crippen LogP contribution >= 0.6 is 0 Å². The van der Waals surface area contributed by atoms with Crippen LogP contribution in [0.4, 0.5) is 5.69 Å². The number of hydrogen-bond donors (Lipinski definition) is 0. The van der Waals surface area contributed by atoms with Crippen LogP contribution in [0.15, 0.2) is 53.1 Å². The van der Waals surface area contributed by atoms with Crippen LogP contribution in [0.1, 0.15) is 62.0 Å². The highest BCUT2D eigenvalue weighted by atomic mass is 16.5. The molecule has 2 aromatic carbocycles. The van der Waals surface area contributed by atoms with Crippen molar-refractivity contribution in [3.63, 3.8) is 0 Å². The van der Waals surface area contributed by atoms with Gasteiger partial charge >= 0.3 is 0 Å². The van der Waals surface area contributed by atoms with Crippen molar-refractivity contribution in [1.82, 2.24) is 15.0 Å². The molecule has 5 rings (SSSR count). The minimum atomic E-state index is -0.00820. The minimum Gasteiger partial charge on any atom is -0.371 e. The number of hydrogen-bond acceptors (Lipinski definition) is 5. The van der Waals surface area contributed by atoms with Gasteiger partial charge in [-0.3, -0.25) is 4.79 Å². The number of nitrogens with zero attached hydrogens (tertiary/aromatic N) is 4. The van der Waals surface area contributed by atoms with Gasteiger partial charge in [-0.15, -0.1) is 0 Å². The quantitative estimate of drug-likeness (QED) is 0.445. The summed E-state index contributed by atoms with van der Waals surface area (Å²) in [5.74, 6) is 1.34. The van der Waals surface area contributed by atoms with Gasteiger partial charge < -0.3 is 14.3 Å². The van der Waals surface area contributed by atoms with Crippen LogP contribution < -0.4 is 4.90 Å². The topological polar surface area (TPSA) is 62.5 Å². The molecule has 2 aliphatic rings. The van der Waals surface area contributed by atoms with Gasteiger partial charge in [-0.05, 0) is 57.7 Å². The molecule has 2 heterocycles. The summed E-state index contributed by atoms with van der Waals surface area (Å²) in [6.45, 7) is 6.32. The Kier molecular flexibility index (Phi) is 7.16. The van der Waals surface area contributed by atoms with Crippen molar-refractivity contribution in [3.05, 3.63) is 65.5 Å². The molecule has 1 aliphatic heterocycles. The zero-order valence-electron chi connectivity index (χ0n) is 20.9. The van der Waals surface area contributed by atoms with Crippen molar-refractivity contribution >= 4 is 11.6 Å². The molecule has 1 atom stereocenters. The molecule has 1 amide bonds. The lowest BCUT2D eigenvalue weighted by molar-refractivity contribution is -0.140. The van der Waals surface area contributed by atoms with Gasteiger partial charge in [0, 0.05) is 30.4 Å². The van der Waals surface area contributed by atoms with Crippen molar-refractivity contribution in [1.29, 1.82) is 0 Å². The third-order valence-corrected chi connectivity index (χ3v) is 7.52. The Morgan fingerprint density at radius 1 is 1.00 bits per heavy atom. The van der Waals surface area contributed by atoms with Gasteiger partial charge in [-0.25, -0.2) is 0 Å². The summed E-state index contributed by atoms with van der Waals surface area (Å²) in [5, 5.41) is 4.22. The van der Waals surface area contributed by atoms with E-state index >= 15 is 0 Å². The van der Waals surface area contributed by atoms with Gasteiger partial charge in [0.2, 0.25) is 17.6 Å². The fourth-order valence-corrected chi connectivity index (χ4v) is 5.55.